The molecule has 0 bridgehead atoms. The number of rotatable bonds is 3. The van der Waals surface area contributed by atoms with Gasteiger partial charge in [-0.15, -0.1) is 0 Å². The van der Waals surface area contributed by atoms with Crippen molar-refractivity contribution >= 4 is 0 Å². The Bertz CT molecular complexity index is 354. The van der Waals surface area contributed by atoms with Crippen LogP contribution in [0.25, 0.3) is 0 Å². The van der Waals surface area contributed by atoms with Gasteiger partial charge in [0.05, 0.1) is 18.9 Å². The molecule has 2 N–H and O–H groups in total. The third-order valence-corrected chi connectivity index (χ3v) is 2.70. The van der Waals surface area contributed by atoms with Crippen LogP contribution in [0.1, 0.15) is 37.3 Å². The van der Waals surface area contributed by atoms with Gasteiger partial charge in [0, 0.05) is 6.42 Å². The minimum absolute atomic E-state index is 0.148. The zero-order chi connectivity index (χ0) is 10.7. The molecular weight excluding hydrogens is 190 g/mol. The van der Waals surface area contributed by atoms with Gasteiger partial charge >= 0.3 is 0 Å². The fraction of sp³-hybridized carbons (Fsp3) is 0.500. The van der Waals surface area contributed by atoms with Crippen LogP contribution in [0.15, 0.2) is 28.4 Å². The van der Waals surface area contributed by atoms with Crippen molar-refractivity contribution in [2.45, 2.75) is 32.2 Å². The lowest BCUT2D eigenvalue weighted by atomic mass is 10.0. The Labute approximate surface area is 89.9 Å². The van der Waals surface area contributed by atoms with Crippen molar-refractivity contribution in [3.63, 3.8) is 0 Å². The van der Waals surface area contributed by atoms with Gasteiger partial charge in [0.1, 0.15) is 11.5 Å². The molecular formula is C12H17NO2. The molecule has 3 nitrogen and oxygen atoms in total. The molecule has 0 radical (unpaired) electrons. The number of hydrogen-bond donors (Lipinski definition) is 1. The van der Waals surface area contributed by atoms with E-state index in [2.05, 4.69) is 6.92 Å². The van der Waals surface area contributed by atoms with Gasteiger partial charge in [-0.05, 0) is 30.5 Å². The molecule has 0 aromatic carbocycles. The molecule has 0 fully saturated rings. The molecule has 1 atom stereocenters. The highest BCUT2D eigenvalue weighted by molar-refractivity contribution is 5.21. The van der Waals surface area contributed by atoms with Gasteiger partial charge in [0.25, 0.3) is 0 Å². The topological polar surface area (TPSA) is 48.4 Å². The van der Waals surface area contributed by atoms with E-state index >= 15 is 0 Å². The van der Waals surface area contributed by atoms with Gasteiger partial charge in [-0.3, -0.25) is 0 Å². The average Bonchev–Trinajstić information content (AvgIpc) is 2.78. The monoisotopic (exact) mass is 207 g/mol. The Kier molecular flexibility index (Phi) is 3.11. The van der Waals surface area contributed by atoms with Gasteiger partial charge in [-0.2, -0.15) is 0 Å². The lowest BCUT2D eigenvalue weighted by Gasteiger charge is -2.18. The van der Waals surface area contributed by atoms with Gasteiger partial charge in [-0.25, -0.2) is 0 Å². The van der Waals surface area contributed by atoms with Gasteiger partial charge in [-0.1, -0.05) is 6.92 Å². The van der Waals surface area contributed by atoms with Gasteiger partial charge in [0.2, 0.25) is 0 Å². The highest BCUT2D eigenvalue weighted by atomic mass is 16.5. The Morgan fingerprint density at radius 1 is 1.47 bits per heavy atom. The van der Waals surface area contributed by atoms with Crippen LogP contribution in [-0.4, -0.2) is 6.61 Å². The summed E-state index contributed by atoms with van der Waals surface area (Å²) in [6.45, 7) is 2.87. The molecule has 0 saturated heterocycles. The summed E-state index contributed by atoms with van der Waals surface area (Å²) in [6.07, 6.45) is 4.73. The molecule has 0 amide bonds. The summed E-state index contributed by atoms with van der Waals surface area (Å²) in [7, 11) is 0. The van der Waals surface area contributed by atoms with E-state index in [0.717, 1.165) is 43.0 Å². The minimum Gasteiger partial charge on any atom is -0.501 e. The third kappa shape index (κ3) is 2.23. The summed E-state index contributed by atoms with van der Waals surface area (Å²) in [5.41, 5.74) is 7.22. The Balaban J connectivity index is 2.12. The maximum absolute atomic E-state index is 6.10. The number of nitrogens with two attached hydrogens (primary N) is 1. The molecule has 82 valence electrons. The number of hydrogen-bond acceptors (Lipinski definition) is 3. The fourth-order valence-electron chi connectivity index (χ4n) is 1.75. The van der Waals surface area contributed by atoms with Gasteiger partial charge < -0.3 is 14.9 Å². The van der Waals surface area contributed by atoms with E-state index < -0.39 is 0 Å². The van der Waals surface area contributed by atoms with Crippen molar-refractivity contribution in [1.29, 1.82) is 0 Å². The number of aryl methyl sites for hydroxylation is 1. The molecule has 0 spiro atoms. The molecule has 3 heteroatoms. The second-order valence-electron chi connectivity index (χ2n) is 3.80. The predicted octanol–water partition coefficient (Wildman–Crippen LogP) is 2.54. The van der Waals surface area contributed by atoms with Crippen LogP contribution in [0.5, 0.6) is 0 Å². The molecule has 2 heterocycles. The fourth-order valence-corrected chi connectivity index (χ4v) is 1.75. The van der Waals surface area contributed by atoms with Crippen molar-refractivity contribution in [2.75, 3.05) is 6.61 Å². The molecule has 2 rings (SSSR count). The molecule has 1 aromatic heterocycles. The molecule has 1 aliphatic rings. The number of furan rings is 1. The highest BCUT2D eigenvalue weighted by Crippen LogP contribution is 2.26. The molecule has 0 saturated carbocycles. The van der Waals surface area contributed by atoms with E-state index in [0.29, 0.717) is 0 Å². The second kappa shape index (κ2) is 4.53. The predicted molar refractivity (Wildman–Crippen MR) is 58.3 cm³/mol. The second-order valence-corrected chi connectivity index (χ2v) is 3.80. The largest absolute Gasteiger partial charge is 0.501 e. The summed E-state index contributed by atoms with van der Waals surface area (Å²) < 4.78 is 10.9. The van der Waals surface area contributed by atoms with E-state index in [1.807, 2.05) is 12.1 Å². The van der Waals surface area contributed by atoms with Crippen LogP contribution in [0.3, 0.4) is 0 Å². The molecule has 0 aliphatic carbocycles. The lowest BCUT2D eigenvalue weighted by molar-refractivity contribution is 0.220. The molecule has 1 unspecified atom stereocenters. The first-order valence-corrected chi connectivity index (χ1v) is 5.46. The van der Waals surface area contributed by atoms with Crippen LogP contribution < -0.4 is 5.73 Å². The maximum Gasteiger partial charge on any atom is 0.125 e. The SMILES string of the molecule is CCc1ccc(C(N)C2=COCCC2)o1. The Morgan fingerprint density at radius 2 is 2.33 bits per heavy atom. The van der Waals surface area contributed by atoms with Crippen LogP contribution >= 0.6 is 0 Å². The summed E-state index contributed by atoms with van der Waals surface area (Å²) >= 11 is 0. The zero-order valence-electron chi connectivity index (χ0n) is 9.03. The quantitative estimate of drug-likeness (QED) is 0.828. The normalized spacial score (nSPS) is 18.1. The Hall–Kier alpha value is -1.22. The van der Waals surface area contributed by atoms with Crippen LogP contribution in [0, 0.1) is 0 Å². The number of ether oxygens (including phenoxy) is 1. The first-order valence-electron chi connectivity index (χ1n) is 5.46. The first-order chi connectivity index (χ1) is 7.31. The highest BCUT2D eigenvalue weighted by Gasteiger charge is 2.17. The maximum atomic E-state index is 6.10. The molecule has 15 heavy (non-hydrogen) atoms. The van der Waals surface area contributed by atoms with Crippen molar-refractivity contribution in [1.82, 2.24) is 0 Å². The van der Waals surface area contributed by atoms with Crippen LogP contribution in [0.4, 0.5) is 0 Å². The Morgan fingerprint density at radius 3 is 2.93 bits per heavy atom. The smallest absolute Gasteiger partial charge is 0.125 e. The summed E-state index contributed by atoms with van der Waals surface area (Å²) in [5, 5.41) is 0. The van der Waals surface area contributed by atoms with Crippen molar-refractivity contribution in [2.24, 2.45) is 5.73 Å². The zero-order valence-corrected chi connectivity index (χ0v) is 9.03. The van der Waals surface area contributed by atoms with Crippen molar-refractivity contribution < 1.29 is 9.15 Å². The van der Waals surface area contributed by atoms with E-state index in [1.54, 1.807) is 6.26 Å². The summed E-state index contributed by atoms with van der Waals surface area (Å²) in [4.78, 5) is 0. The lowest BCUT2D eigenvalue weighted by Crippen LogP contribution is -2.15. The van der Waals surface area contributed by atoms with Crippen molar-refractivity contribution in [3.05, 3.63) is 35.5 Å². The standard InChI is InChI=1S/C12H17NO2/c1-2-10-5-6-11(15-10)12(13)9-4-3-7-14-8-9/h5-6,8,12H,2-4,7,13H2,1H3. The third-order valence-electron chi connectivity index (χ3n) is 2.70. The summed E-state index contributed by atoms with van der Waals surface area (Å²) in [5.74, 6) is 1.82. The van der Waals surface area contributed by atoms with Crippen molar-refractivity contribution in [3.8, 4) is 0 Å². The molecule has 1 aliphatic heterocycles. The van der Waals surface area contributed by atoms with Gasteiger partial charge in [0.15, 0.2) is 0 Å². The minimum atomic E-state index is -0.148. The van der Waals surface area contributed by atoms with Crippen LogP contribution in [0.2, 0.25) is 0 Å². The van der Waals surface area contributed by atoms with Crippen LogP contribution in [-0.2, 0) is 11.2 Å². The van der Waals surface area contributed by atoms with E-state index in [4.69, 9.17) is 14.9 Å². The van der Waals surface area contributed by atoms with E-state index in [-0.39, 0.29) is 6.04 Å². The average molecular weight is 207 g/mol. The summed E-state index contributed by atoms with van der Waals surface area (Å²) in [6, 6.07) is 3.80. The molecule has 1 aromatic rings. The first kappa shape index (κ1) is 10.3. The van der Waals surface area contributed by atoms with E-state index in [1.165, 1.54) is 0 Å². The van der Waals surface area contributed by atoms with E-state index in [9.17, 15) is 0 Å².